The summed E-state index contributed by atoms with van der Waals surface area (Å²) in [5.74, 6) is 0.703. The number of hydrogen-bond acceptors (Lipinski definition) is 3. The predicted molar refractivity (Wildman–Crippen MR) is 155 cm³/mol. The molecule has 2 unspecified atom stereocenters. The highest BCUT2D eigenvalue weighted by atomic mass is 79.9. The van der Waals surface area contributed by atoms with Crippen molar-refractivity contribution in [1.29, 1.82) is 0 Å². The average Bonchev–Trinajstić information content (AvgIpc) is 2.84. The Morgan fingerprint density at radius 2 is 1.75 bits per heavy atom. The van der Waals surface area contributed by atoms with Gasteiger partial charge in [-0.25, -0.2) is 4.79 Å². The van der Waals surface area contributed by atoms with E-state index in [2.05, 4.69) is 93.2 Å². The number of piperidine rings is 2. The number of nitrogens with one attached hydrogen (secondary N) is 1. The van der Waals surface area contributed by atoms with Crippen molar-refractivity contribution in [3.63, 3.8) is 0 Å². The molecule has 3 aliphatic rings. The molecule has 204 valence electrons. The lowest BCUT2D eigenvalue weighted by atomic mass is 9.61. The normalized spacial score (nSPS) is 22.5. The number of carbonyl (C=O) groups excluding carboxylic acids is 2. The average molecular weight is 566 g/mol. The largest absolute Gasteiger partial charge is 0.449 e. The van der Waals surface area contributed by atoms with Crippen LogP contribution in [0.15, 0.2) is 46.0 Å². The van der Waals surface area contributed by atoms with Gasteiger partial charge in [0.1, 0.15) is 0 Å². The number of unbranched alkanes of at least 4 members (excludes halogenated alkanes) is 1. The van der Waals surface area contributed by atoms with E-state index in [-0.39, 0.29) is 35.3 Å². The van der Waals surface area contributed by atoms with Crippen LogP contribution < -0.4 is 5.32 Å². The zero-order valence-electron chi connectivity index (χ0n) is 23.8. The van der Waals surface area contributed by atoms with Crippen molar-refractivity contribution in [3.05, 3.63) is 46.0 Å². The van der Waals surface area contributed by atoms with Gasteiger partial charge in [-0.05, 0) is 83.8 Å². The molecule has 3 fully saturated rings. The Labute approximate surface area is 228 Å². The maximum Gasteiger partial charge on any atom is 0.409 e. The van der Waals surface area contributed by atoms with E-state index in [4.69, 9.17) is 4.74 Å². The van der Waals surface area contributed by atoms with Crippen LogP contribution in [-0.2, 0) is 9.53 Å². The summed E-state index contributed by atoms with van der Waals surface area (Å²) in [5.41, 5.74) is 2.14. The molecule has 0 aromatic rings. The molecule has 2 saturated heterocycles. The lowest BCUT2D eigenvalue weighted by Crippen LogP contribution is -2.62. The highest BCUT2D eigenvalue weighted by molar-refractivity contribution is 9.12. The van der Waals surface area contributed by atoms with Gasteiger partial charge in [0, 0.05) is 23.5 Å². The van der Waals surface area contributed by atoms with Crippen molar-refractivity contribution in [2.45, 2.75) is 93.0 Å². The number of fused-ring (bicyclic) bond motifs is 2. The third-order valence-electron chi connectivity index (χ3n) is 7.10. The van der Waals surface area contributed by atoms with Crippen molar-refractivity contribution in [1.82, 2.24) is 10.2 Å². The van der Waals surface area contributed by atoms with Crippen LogP contribution in [0.3, 0.4) is 0 Å². The molecule has 36 heavy (non-hydrogen) atoms. The Morgan fingerprint density at radius 3 is 2.28 bits per heavy atom. The lowest BCUT2D eigenvalue weighted by molar-refractivity contribution is -0.142. The molecule has 1 aliphatic carbocycles. The highest BCUT2D eigenvalue weighted by Crippen LogP contribution is 2.46. The molecular formula is C30H49BrN2O3. The maximum atomic E-state index is 12.7. The molecule has 0 spiro atoms. The number of ether oxygens (including phenoxy) is 1. The number of carbonyl (C=O) groups is 2. The van der Waals surface area contributed by atoms with Crippen molar-refractivity contribution in [2.75, 3.05) is 19.7 Å². The quantitative estimate of drug-likeness (QED) is 0.216. The second-order valence-electron chi connectivity index (χ2n) is 10.4. The molecule has 0 aromatic heterocycles. The molecule has 0 radical (unpaired) electrons. The first-order valence-corrected chi connectivity index (χ1v) is 14.4. The minimum Gasteiger partial charge on any atom is -0.449 e. The fraction of sp³-hybridized carbons (Fsp3) is 0.667. The summed E-state index contributed by atoms with van der Waals surface area (Å²) in [6.45, 7) is 18.3. The number of amides is 2. The smallest absolute Gasteiger partial charge is 0.409 e. The van der Waals surface area contributed by atoms with E-state index in [0.29, 0.717) is 19.7 Å². The lowest BCUT2D eigenvalue weighted by Gasteiger charge is -2.52. The Kier molecular flexibility index (Phi) is 14.4. The Morgan fingerprint density at radius 1 is 1.11 bits per heavy atom. The fourth-order valence-corrected chi connectivity index (χ4v) is 4.86. The molecule has 5 nitrogen and oxygen atoms in total. The third kappa shape index (κ3) is 9.91. The van der Waals surface area contributed by atoms with Crippen LogP contribution in [0.1, 0.15) is 87.5 Å². The Balaban J connectivity index is 0.000000457. The Bertz CT molecular complexity index is 829. The summed E-state index contributed by atoms with van der Waals surface area (Å²) in [4.78, 5) is 26.5. The second-order valence-corrected chi connectivity index (χ2v) is 11.3. The van der Waals surface area contributed by atoms with Crippen molar-refractivity contribution in [2.24, 2.45) is 17.8 Å². The standard InChI is InChI=1S/C19H32N2O3.C11H17Br/c1-6-8-13(3)19(4,5)20-17(22)16-14-10-15(16)12-21(11-14)18(23)24-9-7-2;1-4-6-7-8-9-11(12)10(3)5-2/h8,14-16H,6-7,9-12H2,1-5H3,(H,20,22);5,7-9H,4,6H2,1-3H3/b13-8-;8-7-,10-5+,11-9+. The summed E-state index contributed by atoms with van der Waals surface area (Å²) in [6, 6.07) is 0. The molecule has 1 saturated carbocycles. The first-order chi connectivity index (χ1) is 17.0. The second kappa shape index (κ2) is 16.1. The van der Waals surface area contributed by atoms with Crippen LogP contribution in [0.4, 0.5) is 4.79 Å². The first kappa shape index (κ1) is 32.2. The summed E-state index contributed by atoms with van der Waals surface area (Å²) in [7, 11) is 0. The van der Waals surface area contributed by atoms with Gasteiger partial charge in [0.05, 0.1) is 12.1 Å². The van der Waals surface area contributed by atoms with Crippen LogP contribution in [0, 0.1) is 17.8 Å². The van der Waals surface area contributed by atoms with Crippen LogP contribution >= 0.6 is 15.9 Å². The zero-order chi connectivity index (χ0) is 27.3. The number of hydrogen-bond donors (Lipinski definition) is 1. The van der Waals surface area contributed by atoms with Gasteiger partial charge in [0.15, 0.2) is 0 Å². The van der Waals surface area contributed by atoms with E-state index >= 15 is 0 Å². The van der Waals surface area contributed by atoms with E-state index in [1.54, 1.807) is 4.90 Å². The van der Waals surface area contributed by atoms with Gasteiger partial charge in [-0.1, -0.05) is 73.0 Å². The van der Waals surface area contributed by atoms with Crippen molar-refractivity contribution in [3.8, 4) is 0 Å². The molecule has 2 bridgehead atoms. The molecule has 2 amide bonds. The van der Waals surface area contributed by atoms with Gasteiger partial charge in [-0.3, -0.25) is 4.79 Å². The number of nitrogens with zero attached hydrogens (tertiary/aromatic N) is 1. The number of rotatable bonds is 10. The van der Waals surface area contributed by atoms with Crippen LogP contribution in [0.2, 0.25) is 0 Å². The molecular weight excluding hydrogens is 516 g/mol. The molecule has 3 rings (SSSR count). The van der Waals surface area contributed by atoms with Gasteiger partial charge in [-0.15, -0.1) is 0 Å². The van der Waals surface area contributed by atoms with E-state index in [0.717, 1.165) is 30.2 Å². The van der Waals surface area contributed by atoms with Gasteiger partial charge >= 0.3 is 6.09 Å². The van der Waals surface area contributed by atoms with Crippen LogP contribution in [0.25, 0.3) is 0 Å². The van der Waals surface area contributed by atoms with Crippen molar-refractivity contribution >= 4 is 27.9 Å². The number of halogens is 1. The van der Waals surface area contributed by atoms with Gasteiger partial charge < -0.3 is 15.0 Å². The highest BCUT2D eigenvalue weighted by Gasteiger charge is 2.52. The summed E-state index contributed by atoms with van der Waals surface area (Å²) < 4.78 is 6.38. The van der Waals surface area contributed by atoms with Crippen molar-refractivity contribution < 1.29 is 14.3 Å². The predicted octanol–water partition coefficient (Wildman–Crippen LogP) is 7.94. The topological polar surface area (TPSA) is 58.6 Å². The summed E-state index contributed by atoms with van der Waals surface area (Å²) >= 11 is 3.50. The van der Waals surface area contributed by atoms with Gasteiger partial charge in [0.2, 0.25) is 5.91 Å². The zero-order valence-corrected chi connectivity index (χ0v) is 25.4. The minimum atomic E-state index is -0.323. The summed E-state index contributed by atoms with van der Waals surface area (Å²) in [6.07, 6.45) is 15.6. The van der Waals surface area contributed by atoms with Gasteiger partial charge in [-0.2, -0.15) is 0 Å². The van der Waals surface area contributed by atoms with Crippen LogP contribution in [0.5, 0.6) is 0 Å². The van der Waals surface area contributed by atoms with E-state index in [1.165, 1.54) is 17.6 Å². The van der Waals surface area contributed by atoms with Crippen LogP contribution in [-0.4, -0.2) is 42.1 Å². The third-order valence-corrected chi connectivity index (χ3v) is 7.99. The minimum absolute atomic E-state index is 0.0360. The molecule has 2 heterocycles. The van der Waals surface area contributed by atoms with Gasteiger partial charge in [0.25, 0.3) is 0 Å². The van der Waals surface area contributed by atoms with E-state index in [1.807, 2.05) is 13.8 Å². The SMILES string of the molecule is C/C=C(C)/C(Br)=C\C=C/CCC.CC/C=C(/C)C(C)(C)NC(=O)C1C2CC1CN(C(=O)OCCC)C2. The first-order valence-electron chi connectivity index (χ1n) is 13.6. The molecule has 2 aliphatic heterocycles. The fourth-order valence-electron chi connectivity index (χ4n) is 4.48. The molecule has 0 aromatic carbocycles. The number of allylic oxidation sites excluding steroid dienone is 7. The summed E-state index contributed by atoms with van der Waals surface area (Å²) in [5, 5.41) is 3.21. The molecule has 1 N–H and O–H groups in total. The maximum absolute atomic E-state index is 12.7. The molecule has 2 atom stereocenters. The van der Waals surface area contributed by atoms with E-state index < -0.39 is 0 Å². The Hall–Kier alpha value is -1.82. The molecule has 6 heteroatoms. The van der Waals surface area contributed by atoms with E-state index in [9.17, 15) is 9.59 Å². The monoisotopic (exact) mass is 564 g/mol.